The van der Waals surface area contributed by atoms with Gasteiger partial charge in [-0.1, -0.05) is 6.92 Å². The van der Waals surface area contributed by atoms with Crippen LogP contribution in [-0.2, 0) is 14.2 Å². The van der Waals surface area contributed by atoms with Crippen molar-refractivity contribution < 1.29 is 29.5 Å². The average molecular weight is 332 g/mol. The normalized spacial score (nSPS) is 56.7. The molecule has 8 heteroatoms. The Morgan fingerprint density at radius 2 is 1.61 bits per heavy atom. The van der Waals surface area contributed by atoms with Gasteiger partial charge in [0.05, 0.1) is 24.3 Å². The molecule has 10 atom stereocenters. The summed E-state index contributed by atoms with van der Waals surface area (Å²) in [6, 6.07) is -1.06. The molecule has 0 bridgehead atoms. The van der Waals surface area contributed by atoms with Gasteiger partial charge >= 0.3 is 0 Å². The first-order valence-corrected chi connectivity index (χ1v) is 8.25. The number of hydrogen-bond acceptors (Lipinski definition) is 8. The molecule has 3 aliphatic rings. The summed E-state index contributed by atoms with van der Waals surface area (Å²) in [6.07, 6.45) is -3.65. The summed E-state index contributed by atoms with van der Waals surface area (Å²) in [5.41, 5.74) is 0. The third-order valence-electron chi connectivity index (χ3n) is 5.48. The minimum Gasteiger partial charge on any atom is -0.390 e. The van der Waals surface area contributed by atoms with Crippen molar-refractivity contribution >= 4 is 0 Å². The second kappa shape index (κ2) is 6.20. The lowest BCUT2D eigenvalue weighted by Crippen LogP contribution is -2.77. The zero-order valence-corrected chi connectivity index (χ0v) is 14.0. The van der Waals surface area contributed by atoms with Gasteiger partial charge < -0.3 is 40.2 Å². The molecule has 3 rings (SSSR count). The topological polar surface area (TPSA) is 112 Å². The molecule has 0 aromatic carbocycles. The lowest BCUT2D eigenvalue weighted by atomic mass is 9.79. The van der Waals surface area contributed by atoms with Crippen LogP contribution in [0.4, 0.5) is 0 Å². The fourth-order valence-corrected chi connectivity index (χ4v) is 4.12. The second-order valence-corrected chi connectivity index (χ2v) is 6.96. The third-order valence-corrected chi connectivity index (χ3v) is 5.48. The van der Waals surface area contributed by atoms with E-state index in [0.717, 1.165) is 0 Å². The van der Waals surface area contributed by atoms with Gasteiger partial charge in [0.25, 0.3) is 0 Å². The van der Waals surface area contributed by atoms with E-state index in [4.69, 9.17) is 14.2 Å². The summed E-state index contributed by atoms with van der Waals surface area (Å²) in [5, 5.41) is 37.9. The highest BCUT2D eigenvalue weighted by Gasteiger charge is 2.62. The van der Waals surface area contributed by atoms with E-state index < -0.39 is 48.6 Å². The number of likely N-dealkylation sites (N-methyl/N-ethyl adjacent to an activating group) is 2. The molecule has 0 aromatic rings. The molecule has 0 spiro atoms. The van der Waals surface area contributed by atoms with Gasteiger partial charge in [-0.25, -0.2) is 0 Å². The van der Waals surface area contributed by atoms with E-state index in [0.29, 0.717) is 6.42 Å². The highest BCUT2D eigenvalue weighted by atomic mass is 16.8. The zero-order chi connectivity index (χ0) is 16.9. The van der Waals surface area contributed by atoms with Gasteiger partial charge in [-0.3, -0.25) is 0 Å². The van der Waals surface area contributed by atoms with Crippen LogP contribution in [0.15, 0.2) is 0 Å². The number of ether oxygens (including phenoxy) is 3. The van der Waals surface area contributed by atoms with E-state index in [1.54, 1.807) is 14.1 Å². The molecule has 2 aliphatic heterocycles. The van der Waals surface area contributed by atoms with Crippen LogP contribution in [0.3, 0.4) is 0 Å². The van der Waals surface area contributed by atoms with Crippen molar-refractivity contribution in [2.24, 2.45) is 5.92 Å². The number of nitrogens with one attached hydrogen (secondary N) is 2. The highest BCUT2D eigenvalue weighted by molar-refractivity contribution is 5.09. The first-order chi connectivity index (χ1) is 10.8. The maximum atomic E-state index is 10.9. The van der Waals surface area contributed by atoms with Crippen molar-refractivity contribution in [2.45, 2.75) is 74.9 Å². The Bertz CT molecular complexity index is 440. The predicted molar refractivity (Wildman–Crippen MR) is 80.5 cm³/mol. The first-order valence-electron chi connectivity index (χ1n) is 8.25. The SMILES string of the molecule is CN[C@@H]1[C@H](O)[C@H](NC)[C@H]2O[C@@]3(O)C(C)C[C@@H](C)O[C@H]3O[C@@H]2[C@H]1O. The van der Waals surface area contributed by atoms with Gasteiger partial charge in [0.15, 0.2) is 0 Å². The molecule has 2 saturated heterocycles. The maximum Gasteiger partial charge on any atom is 0.221 e. The highest BCUT2D eigenvalue weighted by Crippen LogP contribution is 2.44. The number of rotatable bonds is 2. The second-order valence-electron chi connectivity index (χ2n) is 6.96. The lowest BCUT2D eigenvalue weighted by Gasteiger charge is -2.57. The Morgan fingerprint density at radius 3 is 2.22 bits per heavy atom. The minimum atomic E-state index is -1.59. The molecule has 0 aromatic heterocycles. The molecule has 23 heavy (non-hydrogen) atoms. The maximum absolute atomic E-state index is 10.9. The molecule has 0 amide bonds. The molecule has 3 fully saturated rings. The molecule has 1 saturated carbocycles. The van der Waals surface area contributed by atoms with Gasteiger partial charge in [0, 0.05) is 5.92 Å². The van der Waals surface area contributed by atoms with Crippen LogP contribution in [0, 0.1) is 5.92 Å². The van der Waals surface area contributed by atoms with E-state index in [-0.39, 0.29) is 12.0 Å². The minimum absolute atomic E-state index is 0.0676. The van der Waals surface area contributed by atoms with Crippen LogP contribution in [0.25, 0.3) is 0 Å². The molecule has 134 valence electrons. The summed E-state index contributed by atoms with van der Waals surface area (Å²) in [6.45, 7) is 3.80. The van der Waals surface area contributed by atoms with E-state index >= 15 is 0 Å². The van der Waals surface area contributed by atoms with Gasteiger partial charge in [-0.15, -0.1) is 0 Å². The summed E-state index contributed by atoms with van der Waals surface area (Å²) in [7, 11) is 3.38. The molecular weight excluding hydrogens is 304 g/mol. The number of fused-ring (bicyclic) bond motifs is 2. The molecular formula is C15H28N2O6. The van der Waals surface area contributed by atoms with Crippen LogP contribution in [-0.4, -0.2) is 84.1 Å². The molecule has 1 unspecified atom stereocenters. The van der Waals surface area contributed by atoms with Crippen LogP contribution in [0.5, 0.6) is 0 Å². The van der Waals surface area contributed by atoms with Gasteiger partial charge in [0.1, 0.15) is 18.3 Å². The van der Waals surface area contributed by atoms with E-state index in [9.17, 15) is 15.3 Å². The lowest BCUT2D eigenvalue weighted by molar-refractivity contribution is -0.456. The van der Waals surface area contributed by atoms with Crippen LogP contribution in [0.1, 0.15) is 20.3 Å². The van der Waals surface area contributed by atoms with E-state index in [1.165, 1.54) is 0 Å². The molecule has 0 radical (unpaired) electrons. The standard InChI is InChI=1S/C15H28N2O6/c1-6-5-7(2)21-14-15(6,20)23-12-9(17-4)10(18)8(16-3)11(19)13(12)22-14/h6-14,16-20H,5H2,1-4H3/t6?,7-,8-,9+,10+,11+,12-,13-,14+,15+/m1/s1. The van der Waals surface area contributed by atoms with Crippen molar-refractivity contribution in [1.29, 1.82) is 0 Å². The van der Waals surface area contributed by atoms with Crippen LogP contribution < -0.4 is 10.6 Å². The monoisotopic (exact) mass is 332 g/mol. The molecule has 8 nitrogen and oxygen atoms in total. The van der Waals surface area contributed by atoms with Crippen LogP contribution in [0.2, 0.25) is 0 Å². The number of aliphatic hydroxyl groups is 3. The molecule has 1 aliphatic carbocycles. The zero-order valence-electron chi connectivity index (χ0n) is 14.0. The fourth-order valence-electron chi connectivity index (χ4n) is 4.12. The molecule has 5 N–H and O–H groups in total. The summed E-state index contributed by atoms with van der Waals surface area (Å²) in [4.78, 5) is 0. The van der Waals surface area contributed by atoms with Gasteiger partial charge in [-0.05, 0) is 27.4 Å². The van der Waals surface area contributed by atoms with Gasteiger partial charge in [0.2, 0.25) is 12.1 Å². The Kier molecular flexibility index (Phi) is 4.72. The van der Waals surface area contributed by atoms with Gasteiger partial charge in [-0.2, -0.15) is 0 Å². The summed E-state index contributed by atoms with van der Waals surface area (Å²) >= 11 is 0. The molecule has 2 heterocycles. The largest absolute Gasteiger partial charge is 0.390 e. The Labute approximate surface area is 136 Å². The average Bonchev–Trinajstić information content (AvgIpc) is 2.49. The van der Waals surface area contributed by atoms with Crippen molar-refractivity contribution in [3.8, 4) is 0 Å². The smallest absolute Gasteiger partial charge is 0.221 e. The number of aliphatic hydroxyl groups excluding tert-OH is 2. The third kappa shape index (κ3) is 2.61. The summed E-state index contributed by atoms with van der Waals surface area (Å²) in [5.74, 6) is -1.78. The Hall–Kier alpha value is -0.320. The van der Waals surface area contributed by atoms with Crippen molar-refractivity contribution in [2.75, 3.05) is 14.1 Å². The summed E-state index contributed by atoms with van der Waals surface area (Å²) < 4.78 is 17.6. The van der Waals surface area contributed by atoms with Crippen molar-refractivity contribution in [3.63, 3.8) is 0 Å². The Balaban J connectivity index is 1.91. The van der Waals surface area contributed by atoms with E-state index in [2.05, 4.69) is 10.6 Å². The predicted octanol–water partition coefficient (Wildman–Crippen LogP) is -1.86. The number of hydrogen-bond donors (Lipinski definition) is 5. The van der Waals surface area contributed by atoms with Crippen molar-refractivity contribution in [1.82, 2.24) is 10.6 Å². The van der Waals surface area contributed by atoms with Crippen molar-refractivity contribution in [3.05, 3.63) is 0 Å². The van der Waals surface area contributed by atoms with E-state index in [1.807, 2.05) is 13.8 Å². The Morgan fingerprint density at radius 1 is 0.957 bits per heavy atom. The fraction of sp³-hybridized carbons (Fsp3) is 1.00. The first kappa shape index (κ1) is 17.5. The van der Waals surface area contributed by atoms with Crippen LogP contribution >= 0.6 is 0 Å². The quantitative estimate of drug-likeness (QED) is 0.400.